The van der Waals surface area contributed by atoms with Crippen LogP contribution in [0, 0.1) is 0 Å². The first kappa shape index (κ1) is 13.3. The molecule has 0 saturated carbocycles. The number of benzene rings is 2. The van der Waals surface area contributed by atoms with Gasteiger partial charge in [-0.25, -0.2) is 0 Å². The molecule has 0 aliphatic heterocycles. The van der Waals surface area contributed by atoms with Gasteiger partial charge in [0, 0.05) is 21.5 Å². The minimum absolute atomic E-state index is 0.261. The van der Waals surface area contributed by atoms with Crippen LogP contribution in [0.1, 0.15) is 0 Å². The molecule has 0 amide bonds. The molecule has 0 aliphatic rings. The van der Waals surface area contributed by atoms with Gasteiger partial charge in [-0.1, -0.05) is 17.7 Å². The van der Waals surface area contributed by atoms with E-state index in [0.29, 0.717) is 5.02 Å². The Morgan fingerprint density at radius 2 is 1.90 bits per heavy atom. The summed E-state index contributed by atoms with van der Waals surface area (Å²) in [7, 11) is 0. The van der Waals surface area contributed by atoms with Gasteiger partial charge in [-0.3, -0.25) is 4.98 Å². The molecule has 1 N–H and O–H groups in total. The number of hydrogen-bond donors (Lipinski definition) is 1. The topological polar surface area (TPSA) is 33.1 Å². The summed E-state index contributed by atoms with van der Waals surface area (Å²) < 4.78 is 0. The summed E-state index contributed by atoms with van der Waals surface area (Å²) in [5.41, 5.74) is 2.91. The Morgan fingerprint density at radius 1 is 1.05 bits per heavy atom. The molecule has 0 bridgehead atoms. The van der Waals surface area contributed by atoms with Crippen molar-refractivity contribution in [2.24, 2.45) is 0 Å². The van der Waals surface area contributed by atoms with E-state index < -0.39 is 0 Å². The zero-order chi connectivity index (χ0) is 14.1. The van der Waals surface area contributed by atoms with E-state index >= 15 is 0 Å². The monoisotopic (exact) mass is 301 g/mol. The van der Waals surface area contributed by atoms with Crippen molar-refractivity contribution in [3.8, 4) is 16.9 Å². The molecule has 1 aromatic heterocycles. The summed E-state index contributed by atoms with van der Waals surface area (Å²) in [5, 5.41) is 11.5. The Kier molecular flexibility index (Phi) is 3.55. The third-order valence-corrected chi connectivity index (χ3v) is 4.21. The van der Waals surface area contributed by atoms with Gasteiger partial charge in [0.25, 0.3) is 0 Å². The van der Waals surface area contributed by atoms with Gasteiger partial charge in [0.1, 0.15) is 5.75 Å². The number of pyridine rings is 1. The minimum Gasteiger partial charge on any atom is -0.508 e. The minimum atomic E-state index is 0.261. The first-order chi connectivity index (χ1) is 9.69. The highest BCUT2D eigenvalue weighted by Gasteiger charge is 2.10. The van der Waals surface area contributed by atoms with E-state index in [1.807, 2.05) is 36.6 Å². The summed E-state index contributed by atoms with van der Waals surface area (Å²) in [5.74, 6) is 0.261. The summed E-state index contributed by atoms with van der Waals surface area (Å²) in [6, 6.07) is 13.1. The Morgan fingerprint density at radius 3 is 2.70 bits per heavy atom. The van der Waals surface area contributed by atoms with E-state index in [4.69, 9.17) is 11.6 Å². The average molecular weight is 302 g/mol. The van der Waals surface area contributed by atoms with Crippen LogP contribution in [-0.4, -0.2) is 16.3 Å². The maximum Gasteiger partial charge on any atom is 0.116 e. The van der Waals surface area contributed by atoms with Gasteiger partial charge < -0.3 is 5.11 Å². The van der Waals surface area contributed by atoms with Crippen LogP contribution in [0.3, 0.4) is 0 Å². The van der Waals surface area contributed by atoms with Crippen LogP contribution in [0.15, 0.2) is 53.6 Å². The molecule has 0 spiro atoms. The van der Waals surface area contributed by atoms with E-state index in [1.54, 1.807) is 30.1 Å². The van der Waals surface area contributed by atoms with Gasteiger partial charge in [-0.05, 0) is 53.8 Å². The Bertz CT molecular complexity index is 789. The number of halogens is 1. The second-order valence-electron chi connectivity index (χ2n) is 4.40. The number of aromatic hydroxyl groups is 1. The number of aromatic nitrogens is 1. The van der Waals surface area contributed by atoms with Crippen LogP contribution in [0.2, 0.25) is 5.02 Å². The smallest absolute Gasteiger partial charge is 0.116 e. The molecule has 1 heterocycles. The maximum atomic E-state index is 9.76. The number of nitrogens with zero attached hydrogens (tertiary/aromatic N) is 1. The highest BCUT2D eigenvalue weighted by molar-refractivity contribution is 7.98. The fourth-order valence-corrected chi connectivity index (χ4v) is 3.02. The summed E-state index contributed by atoms with van der Waals surface area (Å²) in [6.45, 7) is 0. The second-order valence-corrected chi connectivity index (χ2v) is 5.69. The van der Waals surface area contributed by atoms with Gasteiger partial charge in [0.2, 0.25) is 0 Å². The van der Waals surface area contributed by atoms with Crippen molar-refractivity contribution in [3.63, 3.8) is 0 Å². The number of phenolic OH excluding ortho intramolecular Hbond substituents is 1. The van der Waals surface area contributed by atoms with Crippen LogP contribution in [0.25, 0.3) is 22.0 Å². The predicted molar refractivity (Wildman–Crippen MR) is 85.6 cm³/mol. The SMILES string of the molecule is CSc1ccc(O)cc1-c1ccnc2cc(Cl)ccc12. The van der Waals surface area contributed by atoms with Gasteiger partial charge in [-0.15, -0.1) is 11.8 Å². The molecule has 0 radical (unpaired) electrons. The lowest BCUT2D eigenvalue weighted by Crippen LogP contribution is -1.87. The first-order valence-electron chi connectivity index (χ1n) is 6.10. The maximum absolute atomic E-state index is 9.76. The summed E-state index contributed by atoms with van der Waals surface area (Å²) in [4.78, 5) is 5.47. The van der Waals surface area contributed by atoms with Crippen molar-refractivity contribution in [3.05, 3.63) is 53.7 Å². The fraction of sp³-hybridized carbons (Fsp3) is 0.0625. The lowest BCUT2D eigenvalue weighted by atomic mass is 10.0. The van der Waals surface area contributed by atoms with Gasteiger partial charge in [0.05, 0.1) is 5.52 Å². The molecule has 3 rings (SSSR count). The lowest BCUT2D eigenvalue weighted by Gasteiger charge is -2.11. The molecule has 0 atom stereocenters. The third-order valence-electron chi connectivity index (χ3n) is 3.18. The van der Waals surface area contributed by atoms with Crippen molar-refractivity contribution >= 4 is 34.3 Å². The normalized spacial score (nSPS) is 10.9. The van der Waals surface area contributed by atoms with E-state index in [1.165, 1.54) is 0 Å². The number of phenols is 1. The molecule has 0 unspecified atom stereocenters. The average Bonchev–Trinajstić information content (AvgIpc) is 2.46. The quantitative estimate of drug-likeness (QED) is 0.677. The Balaban J connectivity index is 2.32. The predicted octanol–water partition coefficient (Wildman–Crippen LogP) is 4.98. The summed E-state index contributed by atoms with van der Waals surface area (Å²) >= 11 is 7.67. The molecule has 2 aromatic carbocycles. The van der Waals surface area contributed by atoms with Crippen molar-refractivity contribution in [1.29, 1.82) is 0 Å². The van der Waals surface area contributed by atoms with E-state index in [9.17, 15) is 5.11 Å². The molecular formula is C16H12ClNOS. The Labute approximate surface area is 126 Å². The van der Waals surface area contributed by atoms with Crippen molar-refractivity contribution in [1.82, 2.24) is 4.98 Å². The first-order valence-corrected chi connectivity index (χ1v) is 7.71. The molecule has 2 nitrogen and oxygen atoms in total. The second kappa shape index (κ2) is 5.35. The number of thioether (sulfide) groups is 1. The largest absolute Gasteiger partial charge is 0.508 e. The molecule has 3 aromatic rings. The number of fused-ring (bicyclic) bond motifs is 1. The van der Waals surface area contributed by atoms with Crippen LogP contribution < -0.4 is 0 Å². The van der Waals surface area contributed by atoms with Crippen molar-refractivity contribution in [2.45, 2.75) is 4.90 Å². The molecule has 0 aliphatic carbocycles. The molecule has 4 heteroatoms. The van der Waals surface area contributed by atoms with Crippen LogP contribution in [0.4, 0.5) is 0 Å². The highest BCUT2D eigenvalue weighted by Crippen LogP contribution is 2.36. The summed E-state index contributed by atoms with van der Waals surface area (Å²) in [6.07, 6.45) is 3.79. The molecule has 0 fully saturated rings. The van der Waals surface area contributed by atoms with Crippen molar-refractivity contribution < 1.29 is 5.11 Å². The van der Waals surface area contributed by atoms with Gasteiger partial charge in [-0.2, -0.15) is 0 Å². The molecular weight excluding hydrogens is 290 g/mol. The van der Waals surface area contributed by atoms with Crippen LogP contribution >= 0.6 is 23.4 Å². The Hall–Kier alpha value is -1.71. The highest BCUT2D eigenvalue weighted by atomic mass is 35.5. The third kappa shape index (κ3) is 2.35. The number of rotatable bonds is 2. The van der Waals surface area contributed by atoms with Gasteiger partial charge >= 0.3 is 0 Å². The zero-order valence-corrected chi connectivity index (χ0v) is 12.4. The van der Waals surface area contributed by atoms with E-state index in [-0.39, 0.29) is 5.75 Å². The van der Waals surface area contributed by atoms with E-state index in [0.717, 1.165) is 26.9 Å². The van der Waals surface area contributed by atoms with Crippen LogP contribution in [-0.2, 0) is 0 Å². The number of hydrogen-bond acceptors (Lipinski definition) is 3. The fourth-order valence-electron chi connectivity index (χ4n) is 2.26. The zero-order valence-electron chi connectivity index (χ0n) is 10.8. The van der Waals surface area contributed by atoms with Gasteiger partial charge in [0.15, 0.2) is 0 Å². The standard InChI is InChI=1S/C16H12ClNOS/c1-20-16-5-3-11(19)9-14(16)12-6-7-18-15-8-10(17)2-4-13(12)15/h2-9,19H,1H3. The van der Waals surface area contributed by atoms with E-state index in [2.05, 4.69) is 4.98 Å². The molecule has 20 heavy (non-hydrogen) atoms. The lowest BCUT2D eigenvalue weighted by molar-refractivity contribution is 0.475. The molecule has 100 valence electrons. The van der Waals surface area contributed by atoms with Crippen molar-refractivity contribution in [2.75, 3.05) is 6.26 Å². The molecule has 0 saturated heterocycles. The van der Waals surface area contributed by atoms with Crippen LogP contribution in [0.5, 0.6) is 5.75 Å².